The number of rotatable bonds is 5. The Morgan fingerprint density at radius 3 is 2.48 bits per heavy atom. The SMILES string of the molecule is CC(C=CC1(C)C(C)C(=O)CC(O)C1C)=CCc1c(O)c(Cl)c(C)c(C=O)c1O. The van der Waals surface area contributed by atoms with Crippen LogP contribution in [0.2, 0.25) is 5.02 Å². The number of aromatic hydroxyl groups is 2. The summed E-state index contributed by atoms with van der Waals surface area (Å²) in [7, 11) is 0. The van der Waals surface area contributed by atoms with E-state index in [2.05, 4.69) is 0 Å². The summed E-state index contributed by atoms with van der Waals surface area (Å²) in [4.78, 5) is 23.5. The molecule has 0 aliphatic heterocycles. The van der Waals surface area contributed by atoms with E-state index in [9.17, 15) is 24.9 Å². The molecule has 0 bridgehead atoms. The molecule has 1 aliphatic rings. The molecule has 29 heavy (non-hydrogen) atoms. The van der Waals surface area contributed by atoms with Gasteiger partial charge in [0.25, 0.3) is 0 Å². The Balaban J connectivity index is 2.31. The van der Waals surface area contributed by atoms with Crippen LogP contribution in [0.1, 0.15) is 55.6 Å². The van der Waals surface area contributed by atoms with Crippen LogP contribution in [0.4, 0.5) is 0 Å². The number of aldehydes is 1. The number of ketones is 1. The first-order valence-corrected chi connectivity index (χ1v) is 10.1. The van der Waals surface area contributed by atoms with Crippen LogP contribution in [0.25, 0.3) is 0 Å². The van der Waals surface area contributed by atoms with Crippen molar-refractivity contribution in [2.24, 2.45) is 17.3 Å². The lowest BCUT2D eigenvalue weighted by atomic mass is 9.60. The van der Waals surface area contributed by atoms with Gasteiger partial charge in [-0.2, -0.15) is 0 Å². The fourth-order valence-electron chi connectivity index (χ4n) is 3.87. The van der Waals surface area contributed by atoms with Crippen molar-refractivity contribution in [3.8, 4) is 11.5 Å². The molecule has 0 amide bonds. The largest absolute Gasteiger partial charge is 0.507 e. The van der Waals surface area contributed by atoms with Crippen molar-refractivity contribution in [3.63, 3.8) is 0 Å². The van der Waals surface area contributed by atoms with Gasteiger partial charge in [-0.15, -0.1) is 0 Å². The highest BCUT2D eigenvalue weighted by Gasteiger charge is 2.46. The van der Waals surface area contributed by atoms with Gasteiger partial charge in [0.15, 0.2) is 6.29 Å². The van der Waals surface area contributed by atoms with E-state index >= 15 is 0 Å². The Labute approximate surface area is 176 Å². The molecule has 3 N–H and O–H groups in total. The van der Waals surface area contributed by atoms with Gasteiger partial charge in [0.2, 0.25) is 0 Å². The van der Waals surface area contributed by atoms with Crippen LogP contribution in [0, 0.1) is 24.2 Å². The molecular formula is C23H29ClO5. The number of phenols is 2. The lowest BCUT2D eigenvalue weighted by Gasteiger charge is -2.44. The number of hydrogen-bond donors (Lipinski definition) is 3. The normalized spacial score (nSPS) is 28.2. The number of carbonyl (C=O) groups excluding carboxylic acids is 2. The molecule has 5 nitrogen and oxygen atoms in total. The Morgan fingerprint density at radius 2 is 1.90 bits per heavy atom. The predicted octanol–water partition coefficient (Wildman–Crippen LogP) is 4.53. The number of phenolic OH excluding ortho intramolecular Hbond substituents is 2. The van der Waals surface area contributed by atoms with Crippen molar-refractivity contribution in [1.82, 2.24) is 0 Å². The molecule has 1 aliphatic carbocycles. The van der Waals surface area contributed by atoms with Crippen LogP contribution in [0.3, 0.4) is 0 Å². The lowest BCUT2D eigenvalue weighted by molar-refractivity contribution is -0.136. The molecule has 0 spiro atoms. The first kappa shape index (κ1) is 23.2. The van der Waals surface area contributed by atoms with Crippen LogP contribution in [0.15, 0.2) is 23.8 Å². The zero-order chi connectivity index (χ0) is 22.1. The Bertz CT molecular complexity index is 886. The second kappa shape index (κ2) is 8.72. The van der Waals surface area contributed by atoms with Gasteiger partial charge in [0.1, 0.15) is 17.3 Å². The minimum absolute atomic E-state index is 0.0476. The highest BCUT2D eigenvalue weighted by atomic mass is 35.5. The van der Waals surface area contributed by atoms with Gasteiger partial charge in [-0.3, -0.25) is 9.59 Å². The van der Waals surface area contributed by atoms with Crippen LogP contribution in [-0.2, 0) is 11.2 Å². The van der Waals surface area contributed by atoms with Crippen molar-refractivity contribution < 1.29 is 24.9 Å². The number of carbonyl (C=O) groups is 2. The number of benzene rings is 1. The van der Waals surface area contributed by atoms with Gasteiger partial charge < -0.3 is 15.3 Å². The van der Waals surface area contributed by atoms with E-state index in [0.29, 0.717) is 11.8 Å². The first-order valence-electron chi connectivity index (χ1n) is 9.70. The second-order valence-corrected chi connectivity index (χ2v) is 8.62. The average molecular weight is 421 g/mol. The predicted molar refractivity (Wildman–Crippen MR) is 114 cm³/mol. The lowest BCUT2D eigenvalue weighted by Crippen LogP contribution is -2.47. The Morgan fingerprint density at radius 1 is 1.28 bits per heavy atom. The molecule has 1 aromatic carbocycles. The van der Waals surface area contributed by atoms with E-state index in [4.69, 9.17) is 11.6 Å². The quantitative estimate of drug-likeness (QED) is 0.480. The molecule has 0 aromatic heterocycles. The average Bonchev–Trinajstić information content (AvgIpc) is 2.68. The van der Waals surface area contributed by atoms with Crippen molar-refractivity contribution in [2.45, 2.75) is 53.6 Å². The Hall–Kier alpha value is -2.11. The molecule has 1 fully saturated rings. The summed E-state index contributed by atoms with van der Waals surface area (Å²) in [6.07, 6.45) is 5.85. The van der Waals surface area contributed by atoms with Crippen LogP contribution in [0.5, 0.6) is 11.5 Å². The van der Waals surface area contributed by atoms with Crippen molar-refractivity contribution >= 4 is 23.7 Å². The summed E-state index contributed by atoms with van der Waals surface area (Å²) < 4.78 is 0. The smallest absolute Gasteiger partial charge is 0.154 e. The molecule has 4 atom stereocenters. The fourth-order valence-corrected chi connectivity index (χ4v) is 4.09. The maximum Gasteiger partial charge on any atom is 0.154 e. The zero-order valence-corrected chi connectivity index (χ0v) is 18.2. The third-order valence-corrected chi connectivity index (χ3v) is 7.07. The minimum Gasteiger partial charge on any atom is -0.507 e. The van der Waals surface area contributed by atoms with E-state index in [-0.39, 0.29) is 58.1 Å². The number of aliphatic hydroxyl groups excluding tert-OH is 1. The third-order valence-electron chi connectivity index (χ3n) is 6.60. The van der Waals surface area contributed by atoms with Crippen molar-refractivity contribution in [1.29, 1.82) is 0 Å². The van der Waals surface area contributed by atoms with Crippen molar-refractivity contribution in [3.05, 3.63) is 45.5 Å². The van der Waals surface area contributed by atoms with Gasteiger partial charge >= 0.3 is 0 Å². The first-order chi connectivity index (χ1) is 13.5. The van der Waals surface area contributed by atoms with Gasteiger partial charge in [0, 0.05) is 23.3 Å². The van der Waals surface area contributed by atoms with E-state index < -0.39 is 11.5 Å². The number of hydrogen-bond acceptors (Lipinski definition) is 5. The summed E-state index contributed by atoms with van der Waals surface area (Å²) in [6, 6.07) is 0. The molecule has 1 saturated carbocycles. The summed E-state index contributed by atoms with van der Waals surface area (Å²) in [6.45, 7) is 9.23. The zero-order valence-electron chi connectivity index (χ0n) is 17.5. The second-order valence-electron chi connectivity index (χ2n) is 8.25. The molecule has 2 rings (SSSR count). The molecule has 158 valence electrons. The summed E-state index contributed by atoms with van der Waals surface area (Å²) in [5, 5.41) is 30.9. The Kier molecular flexibility index (Phi) is 6.97. The molecule has 0 radical (unpaired) electrons. The van der Waals surface area contributed by atoms with E-state index in [1.807, 2.05) is 39.8 Å². The van der Waals surface area contributed by atoms with Crippen LogP contribution < -0.4 is 0 Å². The summed E-state index contributed by atoms with van der Waals surface area (Å²) >= 11 is 6.08. The van der Waals surface area contributed by atoms with Crippen LogP contribution >= 0.6 is 11.6 Å². The van der Waals surface area contributed by atoms with Gasteiger partial charge in [-0.05, 0) is 31.7 Å². The molecule has 1 aromatic rings. The monoisotopic (exact) mass is 420 g/mol. The highest BCUT2D eigenvalue weighted by molar-refractivity contribution is 6.33. The maximum atomic E-state index is 12.2. The number of allylic oxidation sites excluding steroid dienone is 4. The molecular weight excluding hydrogens is 392 g/mol. The highest BCUT2D eigenvalue weighted by Crippen LogP contribution is 2.45. The number of Topliss-reactive ketones (excluding diaryl/α,β-unsaturated/α-hetero) is 1. The summed E-state index contributed by atoms with van der Waals surface area (Å²) in [5.41, 5.74) is 0.950. The summed E-state index contributed by atoms with van der Waals surface area (Å²) in [5.74, 6) is -0.740. The minimum atomic E-state index is -0.664. The van der Waals surface area contributed by atoms with Gasteiger partial charge in [0.05, 0.1) is 16.7 Å². The number of halogens is 1. The van der Waals surface area contributed by atoms with E-state index in [1.54, 1.807) is 13.0 Å². The molecule has 0 heterocycles. The van der Waals surface area contributed by atoms with Gasteiger partial charge in [-0.1, -0.05) is 56.2 Å². The third kappa shape index (κ3) is 4.26. The number of aliphatic hydroxyl groups is 1. The van der Waals surface area contributed by atoms with E-state index in [0.717, 1.165) is 5.57 Å². The maximum absolute atomic E-state index is 12.2. The van der Waals surface area contributed by atoms with E-state index in [1.165, 1.54) is 0 Å². The molecule has 4 unspecified atom stereocenters. The standard InChI is InChI=1S/C23H29ClO5/c1-12(8-9-23(5)14(3)18(26)10-19(27)15(23)4)6-7-16-21(28)17(11-25)13(2)20(24)22(16)29/h6,8-9,11,14-15,18,26,28-29H,7,10H2,1-5H3. The van der Waals surface area contributed by atoms with Crippen molar-refractivity contribution in [2.75, 3.05) is 0 Å². The fraction of sp³-hybridized carbons (Fsp3) is 0.478. The topological polar surface area (TPSA) is 94.8 Å². The van der Waals surface area contributed by atoms with Gasteiger partial charge in [-0.25, -0.2) is 0 Å². The molecule has 0 saturated heterocycles. The van der Waals surface area contributed by atoms with Crippen LogP contribution in [-0.4, -0.2) is 33.5 Å². The molecule has 6 heteroatoms.